The Kier molecular flexibility index (Phi) is 5.25. The summed E-state index contributed by atoms with van der Waals surface area (Å²) < 4.78 is 1.49. The first-order valence-corrected chi connectivity index (χ1v) is 10.2. The third-order valence-corrected chi connectivity index (χ3v) is 5.95. The second kappa shape index (κ2) is 7.84. The topological polar surface area (TPSA) is 93.0 Å². The molecule has 29 heavy (non-hydrogen) atoms. The minimum atomic E-state index is -1.15. The summed E-state index contributed by atoms with van der Waals surface area (Å²) in [6.07, 6.45) is 1.47. The summed E-state index contributed by atoms with van der Waals surface area (Å²) in [6.45, 7) is 2.01. The number of tetrazole rings is 1. The van der Waals surface area contributed by atoms with Crippen molar-refractivity contribution in [2.75, 3.05) is 12.3 Å². The van der Waals surface area contributed by atoms with E-state index >= 15 is 0 Å². The number of amides is 3. The van der Waals surface area contributed by atoms with Gasteiger partial charge in [-0.15, -0.1) is 16.9 Å². The molecule has 1 fully saturated rings. The number of halogens is 1. The number of hydrogen-bond acceptors (Lipinski definition) is 6. The van der Waals surface area contributed by atoms with Gasteiger partial charge in [0.25, 0.3) is 5.91 Å². The molecular weight excluding hydrogens is 412 g/mol. The number of nitrogens with zero attached hydrogens (tertiary/aromatic N) is 5. The fourth-order valence-corrected chi connectivity index (χ4v) is 4.08. The quantitative estimate of drug-likeness (QED) is 0.479. The maximum atomic E-state index is 13.1. The third kappa shape index (κ3) is 3.83. The van der Waals surface area contributed by atoms with Crippen molar-refractivity contribution in [3.63, 3.8) is 0 Å². The Bertz CT molecular complexity index is 1040. The molecule has 4 rings (SSSR count). The summed E-state index contributed by atoms with van der Waals surface area (Å²) in [5.74, 6) is 0.301. The molecule has 1 N–H and O–H groups in total. The van der Waals surface area contributed by atoms with E-state index in [-0.39, 0.29) is 5.91 Å². The number of carbonyl (C=O) groups is 2. The number of benzene rings is 2. The molecule has 1 aliphatic rings. The van der Waals surface area contributed by atoms with Crippen LogP contribution in [0, 0.1) is 0 Å². The molecule has 1 saturated heterocycles. The van der Waals surface area contributed by atoms with E-state index in [4.69, 9.17) is 11.6 Å². The molecular formula is C19H17ClN6O2S. The van der Waals surface area contributed by atoms with Crippen molar-refractivity contribution in [2.24, 2.45) is 0 Å². The highest BCUT2D eigenvalue weighted by Gasteiger charge is 2.48. The van der Waals surface area contributed by atoms with Gasteiger partial charge in [-0.3, -0.25) is 9.69 Å². The monoisotopic (exact) mass is 428 g/mol. The van der Waals surface area contributed by atoms with Gasteiger partial charge in [0.1, 0.15) is 11.9 Å². The number of thioether (sulfide) groups is 1. The van der Waals surface area contributed by atoms with Crippen molar-refractivity contribution in [3.05, 3.63) is 65.4 Å². The van der Waals surface area contributed by atoms with Crippen LogP contribution in [0.2, 0.25) is 5.02 Å². The highest BCUT2D eigenvalue weighted by molar-refractivity contribution is 7.99. The molecule has 10 heteroatoms. The van der Waals surface area contributed by atoms with Crippen LogP contribution in [0.15, 0.2) is 59.8 Å². The second-order valence-corrected chi connectivity index (χ2v) is 8.22. The normalized spacial score (nSPS) is 18.9. The Morgan fingerprint density at radius 3 is 2.69 bits per heavy atom. The smallest absolute Gasteiger partial charge is 0.319 e. The van der Waals surface area contributed by atoms with Crippen LogP contribution in [0.1, 0.15) is 12.5 Å². The average Bonchev–Trinajstić information content (AvgIpc) is 3.33. The Morgan fingerprint density at radius 2 is 1.97 bits per heavy atom. The Balaban J connectivity index is 1.48. The van der Waals surface area contributed by atoms with Gasteiger partial charge in [0.15, 0.2) is 0 Å². The molecule has 1 aromatic heterocycles. The van der Waals surface area contributed by atoms with E-state index in [1.165, 1.54) is 15.9 Å². The van der Waals surface area contributed by atoms with Crippen molar-refractivity contribution in [1.29, 1.82) is 0 Å². The van der Waals surface area contributed by atoms with E-state index in [1.807, 2.05) is 30.3 Å². The van der Waals surface area contributed by atoms with Crippen LogP contribution in [0.4, 0.5) is 4.79 Å². The van der Waals surface area contributed by atoms with Crippen LogP contribution in [0.3, 0.4) is 0 Å². The lowest BCUT2D eigenvalue weighted by Gasteiger charge is -2.22. The van der Waals surface area contributed by atoms with E-state index in [0.717, 1.165) is 4.90 Å². The number of carbonyl (C=O) groups excluding carboxylic acids is 2. The average molecular weight is 429 g/mol. The van der Waals surface area contributed by atoms with E-state index in [9.17, 15) is 9.59 Å². The maximum absolute atomic E-state index is 13.1. The van der Waals surface area contributed by atoms with Crippen molar-refractivity contribution < 1.29 is 9.59 Å². The zero-order valence-electron chi connectivity index (χ0n) is 15.4. The molecule has 0 spiro atoms. The minimum absolute atomic E-state index is 0.284. The highest BCUT2D eigenvalue weighted by Crippen LogP contribution is 2.30. The second-order valence-electron chi connectivity index (χ2n) is 6.62. The first kappa shape index (κ1) is 19.4. The first-order chi connectivity index (χ1) is 14.0. The Hall–Kier alpha value is -2.91. The summed E-state index contributed by atoms with van der Waals surface area (Å²) in [7, 11) is 0. The summed E-state index contributed by atoms with van der Waals surface area (Å²) in [5, 5.41) is 14.6. The molecule has 1 atom stereocenters. The SMILES string of the molecule is C[C@@]1(c2cccc(-n3cnnn3)c2)NC(=O)N(CCSc2ccc(Cl)cc2)C1=O. The summed E-state index contributed by atoms with van der Waals surface area (Å²) in [4.78, 5) is 27.9. The maximum Gasteiger partial charge on any atom is 0.325 e. The lowest BCUT2D eigenvalue weighted by Crippen LogP contribution is -2.41. The van der Waals surface area contributed by atoms with Crippen LogP contribution >= 0.6 is 23.4 Å². The molecule has 0 bridgehead atoms. The van der Waals surface area contributed by atoms with Gasteiger partial charge in [0, 0.05) is 22.2 Å². The summed E-state index contributed by atoms with van der Waals surface area (Å²) >= 11 is 7.45. The largest absolute Gasteiger partial charge is 0.325 e. The number of aromatic nitrogens is 4. The molecule has 0 aliphatic carbocycles. The van der Waals surface area contributed by atoms with Gasteiger partial charge in [-0.2, -0.15) is 0 Å². The van der Waals surface area contributed by atoms with E-state index in [2.05, 4.69) is 20.8 Å². The van der Waals surface area contributed by atoms with Crippen molar-refractivity contribution in [3.8, 4) is 5.69 Å². The van der Waals surface area contributed by atoms with Crippen molar-refractivity contribution in [1.82, 2.24) is 30.4 Å². The van der Waals surface area contributed by atoms with Gasteiger partial charge >= 0.3 is 6.03 Å². The van der Waals surface area contributed by atoms with Crippen molar-refractivity contribution >= 4 is 35.3 Å². The molecule has 1 aliphatic heterocycles. The minimum Gasteiger partial charge on any atom is -0.319 e. The fourth-order valence-electron chi connectivity index (χ4n) is 3.12. The number of urea groups is 1. The van der Waals surface area contributed by atoms with Crippen LogP contribution in [-0.4, -0.2) is 49.3 Å². The van der Waals surface area contributed by atoms with Gasteiger partial charge in [-0.1, -0.05) is 23.7 Å². The van der Waals surface area contributed by atoms with Gasteiger partial charge < -0.3 is 5.32 Å². The lowest BCUT2D eigenvalue weighted by molar-refractivity contribution is -0.130. The zero-order chi connectivity index (χ0) is 20.4. The standard InChI is InChI=1S/C19H17ClN6O2S/c1-19(13-3-2-4-15(11-13)26-12-21-23-24-26)17(27)25(18(28)22-19)9-10-29-16-7-5-14(20)6-8-16/h2-8,11-12H,9-10H2,1H3,(H,22,28)/t19-/m0/s1. The molecule has 3 aromatic rings. The van der Waals surface area contributed by atoms with Gasteiger partial charge in [-0.25, -0.2) is 9.48 Å². The van der Waals surface area contributed by atoms with Crippen molar-refractivity contribution in [2.45, 2.75) is 17.4 Å². The van der Waals surface area contributed by atoms with E-state index in [1.54, 1.807) is 36.9 Å². The molecule has 2 aromatic carbocycles. The molecule has 3 amide bonds. The van der Waals surface area contributed by atoms with Gasteiger partial charge in [-0.05, 0) is 59.3 Å². The summed E-state index contributed by atoms with van der Waals surface area (Å²) in [5.41, 5.74) is 0.218. The highest BCUT2D eigenvalue weighted by atomic mass is 35.5. The molecule has 8 nitrogen and oxygen atoms in total. The number of rotatable bonds is 6. The predicted molar refractivity (Wildman–Crippen MR) is 109 cm³/mol. The molecule has 0 radical (unpaired) electrons. The Labute approximate surface area is 176 Å². The van der Waals surface area contributed by atoms with Crippen LogP contribution in [0.5, 0.6) is 0 Å². The fraction of sp³-hybridized carbons (Fsp3) is 0.211. The van der Waals surface area contributed by atoms with Crippen LogP contribution in [-0.2, 0) is 10.3 Å². The Morgan fingerprint density at radius 1 is 1.17 bits per heavy atom. The molecule has 2 heterocycles. The summed E-state index contributed by atoms with van der Waals surface area (Å²) in [6, 6.07) is 14.3. The zero-order valence-corrected chi connectivity index (χ0v) is 17.0. The van der Waals surface area contributed by atoms with Crippen LogP contribution < -0.4 is 5.32 Å². The van der Waals surface area contributed by atoms with E-state index < -0.39 is 11.6 Å². The molecule has 0 saturated carbocycles. The molecule has 148 valence electrons. The third-order valence-electron chi connectivity index (χ3n) is 4.71. The van der Waals surface area contributed by atoms with E-state index in [0.29, 0.717) is 28.6 Å². The number of imide groups is 1. The molecule has 0 unspecified atom stereocenters. The lowest BCUT2D eigenvalue weighted by atomic mass is 9.91. The van der Waals surface area contributed by atoms with Gasteiger partial charge in [0.05, 0.1) is 5.69 Å². The predicted octanol–water partition coefficient (Wildman–Crippen LogP) is 2.88. The number of hydrogen-bond donors (Lipinski definition) is 1. The number of nitrogens with one attached hydrogen (secondary N) is 1. The first-order valence-electron chi connectivity index (χ1n) is 8.84. The van der Waals surface area contributed by atoms with Gasteiger partial charge in [0.2, 0.25) is 0 Å². The van der Waals surface area contributed by atoms with Crippen LogP contribution in [0.25, 0.3) is 5.69 Å².